The van der Waals surface area contributed by atoms with Crippen LogP contribution in [0.15, 0.2) is 36.7 Å². The van der Waals surface area contributed by atoms with Crippen molar-refractivity contribution < 1.29 is 14.6 Å². The summed E-state index contributed by atoms with van der Waals surface area (Å²) in [6.07, 6.45) is 3.94. The fourth-order valence-electron chi connectivity index (χ4n) is 2.28. The average molecular weight is 317 g/mol. The predicted molar refractivity (Wildman–Crippen MR) is 87.4 cm³/mol. The Morgan fingerprint density at radius 3 is 2.83 bits per heavy atom. The molecule has 0 amide bonds. The van der Waals surface area contributed by atoms with Crippen molar-refractivity contribution >= 4 is 5.97 Å². The van der Waals surface area contributed by atoms with E-state index in [0.29, 0.717) is 12.3 Å². The number of para-hydroxylation sites is 1. The summed E-state index contributed by atoms with van der Waals surface area (Å²) in [6, 6.07) is 7.56. The molecule has 1 aromatic heterocycles. The number of benzene rings is 1. The summed E-state index contributed by atoms with van der Waals surface area (Å²) in [6.45, 7) is 3.11. The van der Waals surface area contributed by atoms with Gasteiger partial charge in [-0.15, -0.1) is 0 Å². The van der Waals surface area contributed by atoms with Crippen LogP contribution in [0.5, 0.6) is 5.75 Å². The molecule has 0 radical (unpaired) electrons. The van der Waals surface area contributed by atoms with E-state index in [4.69, 9.17) is 9.84 Å². The molecule has 0 bridgehead atoms. The highest BCUT2D eigenvalue weighted by Crippen LogP contribution is 2.21. The number of hydrogen-bond acceptors (Lipinski definition) is 4. The summed E-state index contributed by atoms with van der Waals surface area (Å²) in [5.41, 5.74) is 2.18. The molecule has 6 heteroatoms. The van der Waals surface area contributed by atoms with Crippen molar-refractivity contribution in [2.45, 2.75) is 26.0 Å². The number of likely N-dealkylation sites (N-methyl/N-ethyl adjacent to an activating group) is 1. The van der Waals surface area contributed by atoms with Crippen molar-refractivity contribution in [2.24, 2.45) is 7.05 Å². The molecule has 0 unspecified atom stereocenters. The lowest BCUT2D eigenvalue weighted by Gasteiger charge is -2.19. The molecular weight excluding hydrogens is 294 g/mol. The molecule has 2 aromatic rings. The van der Waals surface area contributed by atoms with Crippen LogP contribution in [0.3, 0.4) is 0 Å². The fraction of sp³-hybridized carbons (Fsp3) is 0.412. The summed E-state index contributed by atoms with van der Waals surface area (Å²) in [5, 5.41) is 13.1. The molecule has 0 aliphatic heterocycles. The fourth-order valence-corrected chi connectivity index (χ4v) is 2.28. The molecule has 2 rings (SSSR count). The number of carboxylic acids is 1. The number of nitrogens with zero attached hydrogens (tertiary/aromatic N) is 3. The molecule has 124 valence electrons. The highest BCUT2D eigenvalue weighted by Gasteiger charge is 2.15. The van der Waals surface area contributed by atoms with Gasteiger partial charge in [0.05, 0.1) is 6.20 Å². The van der Waals surface area contributed by atoms with Gasteiger partial charge in [-0.2, -0.15) is 5.10 Å². The smallest absolute Gasteiger partial charge is 0.344 e. The zero-order valence-electron chi connectivity index (χ0n) is 13.8. The van der Waals surface area contributed by atoms with Gasteiger partial charge in [-0.3, -0.25) is 4.68 Å². The number of carbonyl (C=O) groups is 1. The van der Waals surface area contributed by atoms with Gasteiger partial charge in [0, 0.05) is 31.9 Å². The first-order valence-electron chi connectivity index (χ1n) is 7.59. The van der Waals surface area contributed by atoms with Gasteiger partial charge < -0.3 is 14.7 Å². The number of ether oxygens (including phenoxy) is 1. The van der Waals surface area contributed by atoms with Crippen LogP contribution in [0.25, 0.3) is 0 Å². The first-order valence-corrected chi connectivity index (χ1v) is 7.59. The lowest BCUT2D eigenvalue weighted by atomic mass is 10.1. The van der Waals surface area contributed by atoms with Crippen LogP contribution in [0.4, 0.5) is 0 Å². The van der Waals surface area contributed by atoms with Gasteiger partial charge in [0.15, 0.2) is 6.10 Å². The lowest BCUT2D eigenvalue weighted by Crippen LogP contribution is -2.25. The Morgan fingerprint density at radius 1 is 1.43 bits per heavy atom. The van der Waals surface area contributed by atoms with Crippen molar-refractivity contribution in [3.05, 3.63) is 47.8 Å². The van der Waals surface area contributed by atoms with E-state index in [1.165, 1.54) is 12.5 Å². The second-order valence-electron chi connectivity index (χ2n) is 5.72. The number of rotatable bonds is 8. The Kier molecular flexibility index (Phi) is 5.76. The molecule has 1 N–H and O–H groups in total. The molecule has 0 spiro atoms. The first-order chi connectivity index (χ1) is 11.0. The van der Waals surface area contributed by atoms with Gasteiger partial charge in [0.25, 0.3) is 0 Å². The normalized spacial score (nSPS) is 12.3. The minimum Gasteiger partial charge on any atom is -0.479 e. The zero-order valence-corrected chi connectivity index (χ0v) is 13.8. The molecule has 1 heterocycles. The van der Waals surface area contributed by atoms with Crippen LogP contribution >= 0.6 is 0 Å². The van der Waals surface area contributed by atoms with E-state index in [1.807, 2.05) is 50.8 Å². The number of aryl methyl sites for hydroxylation is 1. The second-order valence-corrected chi connectivity index (χ2v) is 5.72. The SMILES string of the molecule is C[C@@H](Oc1ccccc1CN(C)CCc1cnn(C)c1)C(=O)O. The Bertz CT molecular complexity index is 654. The van der Waals surface area contributed by atoms with E-state index in [9.17, 15) is 4.79 Å². The van der Waals surface area contributed by atoms with Crippen LogP contribution < -0.4 is 4.74 Å². The lowest BCUT2D eigenvalue weighted by molar-refractivity contribution is -0.144. The van der Waals surface area contributed by atoms with Crippen LogP contribution in [0, 0.1) is 0 Å². The molecule has 6 nitrogen and oxygen atoms in total. The summed E-state index contributed by atoms with van der Waals surface area (Å²) < 4.78 is 7.33. The highest BCUT2D eigenvalue weighted by atomic mass is 16.5. The van der Waals surface area contributed by atoms with Crippen LogP contribution in [0.2, 0.25) is 0 Å². The Labute approximate surface area is 136 Å². The minimum atomic E-state index is -0.968. The molecular formula is C17H23N3O3. The van der Waals surface area contributed by atoms with E-state index in [1.54, 1.807) is 4.68 Å². The number of hydrogen-bond donors (Lipinski definition) is 1. The van der Waals surface area contributed by atoms with Crippen molar-refractivity contribution in [1.29, 1.82) is 0 Å². The Morgan fingerprint density at radius 2 is 2.17 bits per heavy atom. The largest absolute Gasteiger partial charge is 0.479 e. The van der Waals surface area contributed by atoms with Gasteiger partial charge in [0.1, 0.15) is 5.75 Å². The number of aromatic nitrogens is 2. The van der Waals surface area contributed by atoms with Crippen molar-refractivity contribution in [3.63, 3.8) is 0 Å². The van der Waals surface area contributed by atoms with E-state index in [2.05, 4.69) is 10.00 Å². The number of aliphatic carboxylic acids is 1. The zero-order chi connectivity index (χ0) is 16.8. The highest BCUT2D eigenvalue weighted by molar-refractivity contribution is 5.72. The Hall–Kier alpha value is -2.34. The third kappa shape index (κ3) is 5.10. The van der Waals surface area contributed by atoms with E-state index in [-0.39, 0.29) is 0 Å². The third-order valence-corrected chi connectivity index (χ3v) is 3.60. The van der Waals surface area contributed by atoms with Crippen LogP contribution in [-0.4, -0.2) is 45.5 Å². The van der Waals surface area contributed by atoms with Gasteiger partial charge in [-0.25, -0.2) is 4.79 Å². The second kappa shape index (κ2) is 7.78. The molecule has 0 aliphatic rings. The van der Waals surface area contributed by atoms with Crippen molar-refractivity contribution in [3.8, 4) is 5.75 Å². The average Bonchev–Trinajstić information content (AvgIpc) is 2.92. The van der Waals surface area contributed by atoms with E-state index < -0.39 is 12.1 Å². The third-order valence-electron chi connectivity index (χ3n) is 3.60. The molecule has 0 fully saturated rings. The molecule has 0 saturated heterocycles. The summed E-state index contributed by atoms with van der Waals surface area (Å²) in [4.78, 5) is 13.1. The molecule has 0 saturated carbocycles. The monoisotopic (exact) mass is 317 g/mol. The van der Waals surface area contributed by atoms with Gasteiger partial charge in [-0.05, 0) is 32.0 Å². The summed E-state index contributed by atoms with van der Waals surface area (Å²) in [7, 11) is 3.94. The van der Waals surface area contributed by atoms with Crippen molar-refractivity contribution in [1.82, 2.24) is 14.7 Å². The summed E-state index contributed by atoms with van der Waals surface area (Å²) in [5.74, 6) is -0.347. The first kappa shape index (κ1) is 17.0. The van der Waals surface area contributed by atoms with Gasteiger partial charge in [0.2, 0.25) is 0 Å². The van der Waals surface area contributed by atoms with Gasteiger partial charge >= 0.3 is 5.97 Å². The molecule has 1 atom stereocenters. The quantitative estimate of drug-likeness (QED) is 0.806. The molecule has 23 heavy (non-hydrogen) atoms. The van der Waals surface area contributed by atoms with E-state index >= 15 is 0 Å². The molecule has 1 aromatic carbocycles. The Balaban J connectivity index is 1.94. The van der Waals surface area contributed by atoms with Gasteiger partial charge in [-0.1, -0.05) is 18.2 Å². The van der Waals surface area contributed by atoms with Crippen LogP contribution in [-0.2, 0) is 24.8 Å². The maximum atomic E-state index is 11.0. The molecule has 0 aliphatic carbocycles. The standard InChI is InChI=1S/C17H23N3O3/c1-13(17(21)22)23-16-7-5-4-6-15(16)12-19(2)9-8-14-10-18-20(3)11-14/h4-7,10-11,13H,8-9,12H2,1-3H3,(H,21,22)/t13-/m1/s1. The van der Waals surface area contributed by atoms with Crippen LogP contribution in [0.1, 0.15) is 18.1 Å². The van der Waals surface area contributed by atoms with Crippen molar-refractivity contribution in [2.75, 3.05) is 13.6 Å². The maximum Gasteiger partial charge on any atom is 0.344 e. The minimum absolute atomic E-state index is 0.621. The maximum absolute atomic E-state index is 11.0. The topological polar surface area (TPSA) is 67.6 Å². The summed E-state index contributed by atoms with van der Waals surface area (Å²) >= 11 is 0. The van der Waals surface area contributed by atoms with E-state index in [0.717, 1.165) is 18.5 Å². The number of carboxylic acid groups (broad SMARTS) is 1. The predicted octanol–water partition coefficient (Wildman–Crippen LogP) is 1.95.